The van der Waals surface area contributed by atoms with E-state index in [0.717, 1.165) is 11.3 Å². The number of carbonyl (C=O) groups excluding carboxylic acids is 2. The second kappa shape index (κ2) is 12.3. The molecule has 3 aromatic carbocycles. The molecule has 0 saturated heterocycles. The van der Waals surface area contributed by atoms with Crippen molar-refractivity contribution in [3.63, 3.8) is 0 Å². The third kappa shape index (κ3) is 7.66. The molecule has 0 radical (unpaired) electrons. The van der Waals surface area contributed by atoms with Crippen molar-refractivity contribution in [1.82, 2.24) is 5.32 Å². The van der Waals surface area contributed by atoms with Gasteiger partial charge in [0.25, 0.3) is 5.91 Å². The molecule has 3 N–H and O–H groups in total. The van der Waals surface area contributed by atoms with E-state index in [2.05, 4.69) is 16.0 Å². The fourth-order valence-electron chi connectivity index (χ4n) is 3.11. The lowest BCUT2D eigenvalue weighted by Gasteiger charge is -2.14. The molecular weight excluding hydrogens is 418 g/mol. The zero-order valence-electron chi connectivity index (χ0n) is 18.8. The van der Waals surface area contributed by atoms with E-state index in [1.165, 1.54) is 0 Å². The second-order valence-corrected chi connectivity index (χ2v) is 7.45. The summed E-state index contributed by atoms with van der Waals surface area (Å²) in [5, 5.41) is 8.88. The molecule has 0 saturated carbocycles. The molecule has 0 aliphatic rings. The lowest BCUT2D eigenvalue weighted by Crippen LogP contribution is -2.26. The first-order chi connectivity index (χ1) is 16.0. The van der Waals surface area contributed by atoms with Crippen LogP contribution in [0.1, 0.15) is 28.9 Å². The number of amides is 2. The first-order valence-electron chi connectivity index (χ1n) is 10.8. The van der Waals surface area contributed by atoms with Gasteiger partial charge in [-0.15, -0.1) is 0 Å². The van der Waals surface area contributed by atoms with Crippen LogP contribution in [0, 0.1) is 0 Å². The molecule has 3 rings (SSSR count). The number of ether oxygens (including phenoxy) is 2. The predicted octanol–water partition coefficient (Wildman–Crippen LogP) is 4.25. The van der Waals surface area contributed by atoms with Gasteiger partial charge in [0.05, 0.1) is 19.2 Å². The summed E-state index contributed by atoms with van der Waals surface area (Å²) in [5.74, 6) is 0.386. The van der Waals surface area contributed by atoms with Gasteiger partial charge in [0.2, 0.25) is 5.91 Å². The van der Waals surface area contributed by atoms with Crippen molar-refractivity contribution in [3.05, 3.63) is 90.0 Å². The maximum absolute atomic E-state index is 12.5. The SMILES string of the molecule is COCCOc1ccc(NC(=O)CNc2ccc(C(=O)NC(C)c3ccccc3)cc2)cc1. The molecule has 33 heavy (non-hydrogen) atoms. The Balaban J connectivity index is 1.44. The minimum atomic E-state index is -0.179. The van der Waals surface area contributed by atoms with E-state index in [1.807, 2.05) is 37.3 Å². The molecule has 3 aromatic rings. The highest BCUT2D eigenvalue weighted by Gasteiger charge is 2.11. The average Bonchev–Trinajstić information content (AvgIpc) is 2.85. The van der Waals surface area contributed by atoms with Gasteiger partial charge in [0.1, 0.15) is 12.4 Å². The maximum atomic E-state index is 12.5. The third-order valence-corrected chi connectivity index (χ3v) is 4.94. The Morgan fingerprint density at radius 3 is 2.18 bits per heavy atom. The van der Waals surface area contributed by atoms with Crippen molar-refractivity contribution in [2.75, 3.05) is 37.5 Å². The van der Waals surface area contributed by atoms with Crippen LogP contribution >= 0.6 is 0 Å². The number of methoxy groups -OCH3 is 1. The molecule has 1 unspecified atom stereocenters. The summed E-state index contributed by atoms with van der Waals surface area (Å²) in [7, 11) is 1.62. The van der Waals surface area contributed by atoms with E-state index in [9.17, 15) is 9.59 Å². The molecule has 0 aliphatic heterocycles. The normalized spacial score (nSPS) is 11.3. The van der Waals surface area contributed by atoms with Crippen molar-refractivity contribution in [2.24, 2.45) is 0 Å². The number of rotatable bonds is 11. The third-order valence-electron chi connectivity index (χ3n) is 4.94. The number of anilines is 2. The van der Waals surface area contributed by atoms with E-state index in [1.54, 1.807) is 55.6 Å². The van der Waals surface area contributed by atoms with E-state index in [4.69, 9.17) is 9.47 Å². The fourth-order valence-corrected chi connectivity index (χ4v) is 3.11. The van der Waals surface area contributed by atoms with Gasteiger partial charge in [-0.25, -0.2) is 0 Å². The molecular formula is C26H29N3O4. The van der Waals surface area contributed by atoms with Crippen LogP contribution in [0.4, 0.5) is 11.4 Å². The summed E-state index contributed by atoms with van der Waals surface area (Å²) >= 11 is 0. The quantitative estimate of drug-likeness (QED) is 0.383. The summed E-state index contributed by atoms with van der Waals surface area (Å²) in [6.07, 6.45) is 0. The standard InChI is InChI=1S/C26H29N3O4/c1-19(20-6-4-3-5-7-20)28-26(31)21-8-10-22(11-9-21)27-18-25(30)29-23-12-14-24(15-13-23)33-17-16-32-2/h3-15,19,27H,16-18H2,1-2H3,(H,28,31)(H,29,30). The van der Waals surface area contributed by atoms with Gasteiger partial charge in [-0.05, 0) is 61.0 Å². The summed E-state index contributed by atoms with van der Waals surface area (Å²) in [5.41, 5.74) is 3.03. The molecule has 0 fully saturated rings. The van der Waals surface area contributed by atoms with Crippen molar-refractivity contribution in [2.45, 2.75) is 13.0 Å². The molecule has 2 amide bonds. The first kappa shape index (κ1) is 23.8. The summed E-state index contributed by atoms with van der Waals surface area (Å²) < 4.78 is 10.4. The van der Waals surface area contributed by atoms with Crippen molar-refractivity contribution in [3.8, 4) is 5.75 Å². The Bertz CT molecular complexity index is 1020. The van der Waals surface area contributed by atoms with E-state index < -0.39 is 0 Å². The molecule has 1 atom stereocenters. The molecule has 0 aliphatic carbocycles. The molecule has 172 valence electrons. The average molecular weight is 448 g/mol. The smallest absolute Gasteiger partial charge is 0.251 e. The minimum Gasteiger partial charge on any atom is -0.491 e. The van der Waals surface area contributed by atoms with Crippen molar-refractivity contribution < 1.29 is 19.1 Å². The Kier molecular flexibility index (Phi) is 8.85. The molecule has 0 bridgehead atoms. The van der Waals surface area contributed by atoms with Crippen LogP contribution in [0.25, 0.3) is 0 Å². The maximum Gasteiger partial charge on any atom is 0.251 e. The van der Waals surface area contributed by atoms with Crippen LogP contribution < -0.4 is 20.7 Å². The summed E-state index contributed by atoms with van der Waals surface area (Å²) in [4.78, 5) is 24.7. The Hall–Kier alpha value is -3.84. The number of benzene rings is 3. The molecule has 7 nitrogen and oxygen atoms in total. The summed E-state index contributed by atoms with van der Waals surface area (Å²) in [6, 6.07) is 23.9. The van der Waals surface area contributed by atoms with Gasteiger partial charge in [0, 0.05) is 24.0 Å². The number of nitrogens with one attached hydrogen (secondary N) is 3. The lowest BCUT2D eigenvalue weighted by molar-refractivity contribution is -0.114. The van der Waals surface area contributed by atoms with Gasteiger partial charge < -0.3 is 25.4 Å². The zero-order chi connectivity index (χ0) is 23.5. The van der Waals surface area contributed by atoms with Crippen molar-refractivity contribution in [1.29, 1.82) is 0 Å². The Labute approximate surface area is 194 Å². The Morgan fingerprint density at radius 1 is 0.848 bits per heavy atom. The molecule has 7 heteroatoms. The molecule has 0 heterocycles. The van der Waals surface area contributed by atoms with Crippen LogP contribution in [0.15, 0.2) is 78.9 Å². The number of hydrogen-bond acceptors (Lipinski definition) is 5. The van der Waals surface area contributed by atoms with E-state index in [0.29, 0.717) is 30.2 Å². The monoisotopic (exact) mass is 447 g/mol. The van der Waals surface area contributed by atoms with Crippen LogP contribution in [-0.4, -0.2) is 38.7 Å². The number of hydrogen-bond donors (Lipinski definition) is 3. The van der Waals surface area contributed by atoms with E-state index in [-0.39, 0.29) is 24.4 Å². The second-order valence-electron chi connectivity index (χ2n) is 7.45. The van der Waals surface area contributed by atoms with Crippen molar-refractivity contribution >= 4 is 23.2 Å². The lowest BCUT2D eigenvalue weighted by atomic mass is 10.1. The molecule has 0 spiro atoms. The minimum absolute atomic E-state index is 0.0915. The van der Waals surface area contributed by atoms with Gasteiger partial charge in [-0.1, -0.05) is 30.3 Å². The summed E-state index contributed by atoms with van der Waals surface area (Å²) in [6.45, 7) is 3.04. The van der Waals surface area contributed by atoms with Crippen LogP contribution in [0.5, 0.6) is 5.75 Å². The molecule has 0 aromatic heterocycles. The van der Waals surface area contributed by atoms with Crippen LogP contribution in [-0.2, 0) is 9.53 Å². The van der Waals surface area contributed by atoms with E-state index >= 15 is 0 Å². The van der Waals surface area contributed by atoms with Gasteiger partial charge in [-0.2, -0.15) is 0 Å². The topological polar surface area (TPSA) is 88.7 Å². The van der Waals surface area contributed by atoms with Gasteiger partial charge >= 0.3 is 0 Å². The Morgan fingerprint density at radius 2 is 1.52 bits per heavy atom. The van der Waals surface area contributed by atoms with Crippen LogP contribution in [0.3, 0.4) is 0 Å². The largest absolute Gasteiger partial charge is 0.491 e. The highest BCUT2D eigenvalue weighted by atomic mass is 16.5. The fraction of sp³-hybridized carbons (Fsp3) is 0.231. The zero-order valence-corrected chi connectivity index (χ0v) is 18.8. The van der Waals surface area contributed by atoms with Gasteiger partial charge in [-0.3, -0.25) is 9.59 Å². The highest BCUT2D eigenvalue weighted by molar-refractivity contribution is 5.95. The highest BCUT2D eigenvalue weighted by Crippen LogP contribution is 2.16. The first-order valence-corrected chi connectivity index (χ1v) is 10.8. The van der Waals surface area contributed by atoms with Gasteiger partial charge in [0.15, 0.2) is 0 Å². The van der Waals surface area contributed by atoms with Crippen LogP contribution in [0.2, 0.25) is 0 Å². The number of carbonyl (C=O) groups is 2. The predicted molar refractivity (Wildman–Crippen MR) is 130 cm³/mol.